The number of piperidine rings is 1. The highest BCUT2D eigenvalue weighted by molar-refractivity contribution is 5.89. The van der Waals surface area contributed by atoms with Gasteiger partial charge in [-0.25, -0.2) is 4.79 Å². The van der Waals surface area contributed by atoms with Crippen LogP contribution in [0.25, 0.3) is 0 Å². The summed E-state index contributed by atoms with van der Waals surface area (Å²) in [6.07, 6.45) is 1.80. The van der Waals surface area contributed by atoms with Gasteiger partial charge in [0, 0.05) is 18.8 Å². The lowest BCUT2D eigenvalue weighted by Crippen LogP contribution is -2.42. The number of nitrogens with one attached hydrogen (secondary N) is 1. The monoisotopic (exact) mass is 243 g/mol. The highest BCUT2D eigenvalue weighted by atomic mass is 16.2. The van der Waals surface area contributed by atoms with Crippen molar-refractivity contribution in [1.82, 2.24) is 4.90 Å². The van der Waals surface area contributed by atoms with Crippen molar-refractivity contribution in [3.63, 3.8) is 0 Å². The number of amides is 2. The maximum Gasteiger partial charge on any atom is 0.321 e. The molecule has 0 aliphatic carbocycles. The van der Waals surface area contributed by atoms with Crippen LogP contribution in [0, 0.1) is 24.2 Å². The van der Waals surface area contributed by atoms with E-state index in [1.807, 2.05) is 31.2 Å². The van der Waals surface area contributed by atoms with E-state index < -0.39 is 0 Å². The van der Waals surface area contributed by atoms with E-state index in [9.17, 15) is 4.79 Å². The molecule has 1 aromatic carbocycles. The number of rotatable bonds is 1. The van der Waals surface area contributed by atoms with Crippen LogP contribution >= 0.6 is 0 Å². The average molecular weight is 243 g/mol. The van der Waals surface area contributed by atoms with Crippen LogP contribution in [0.1, 0.15) is 18.4 Å². The van der Waals surface area contributed by atoms with Gasteiger partial charge in [0.2, 0.25) is 0 Å². The number of hydrogen-bond acceptors (Lipinski definition) is 2. The zero-order valence-corrected chi connectivity index (χ0v) is 10.5. The van der Waals surface area contributed by atoms with Gasteiger partial charge in [-0.2, -0.15) is 5.26 Å². The first-order chi connectivity index (χ1) is 8.69. The smallest absolute Gasteiger partial charge is 0.321 e. The number of nitrogens with zero attached hydrogens (tertiary/aromatic N) is 2. The van der Waals surface area contributed by atoms with Gasteiger partial charge < -0.3 is 10.2 Å². The quantitative estimate of drug-likeness (QED) is 0.824. The molecule has 1 fully saturated rings. The Hall–Kier alpha value is -2.02. The van der Waals surface area contributed by atoms with E-state index in [0.29, 0.717) is 6.54 Å². The van der Waals surface area contributed by atoms with Crippen LogP contribution in [0.15, 0.2) is 24.3 Å². The second-order valence-electron chi connectivity index (χ2n) is 4.71. The van der Waals surface area contributed by atoms with Crippen LogP contribution in [-0.4, -0.2) is 24.0 Å². The molecule has 0 aromatic heterocycles. The highest BCUT2D eigenvalue weighted by Gasteiger charge is 2.23. The molecule has 0 radical (unpaired) electrons. The molecule has 0 spiro atoms. The summed E-state index contributed by atoms with van der Waals surface area (Å²) in [5.74, 6) is -0.0259. The van der Waals surface area contributed by atoms with E-state index in [-0.39, 0.29) is 11.9 Å². The summed E-state index contributed by atoms with van der Waals surface area (Å²) >= 11 is 0. The first kappa shape index (κ1) is 12.4. The van der Waals surface area contributed by atoms with Gasteiger partial charge in [0.05, 0.1) is 12.0 Å². The number of likely N-dealkylation sites (tertiary alicyclic amines) is 1. The summed E-state index contributed by atoms with van der Waals surface area (Å²) in [5, 5.41) is 11.8. The lowest BCUT2D eigenvalue weighted by atomic mass is 10.0. The Morgan fingerprint density at radius 2 is 2.39 bits per heavy atom. The molecule has 4 nitrogen and oxygen atoms in total. The molecule has 1 N–H and O–H groups in total. The van der Waals surface area contributed by atoms with Gasteiger partial charge in [-0.1, -0.05) is 12.1 Å². The fourth-order valence-corrected chi connectivity index (χ4v) is 2.19. The van der Waals surface area contributed by atoms with E-state index in [1.165, 1.54) is 0 Å². The van der Waals surface area contributed by atoms with Crippen molar-refractivity contribution in [2.45, 2.75) is 19.8 Å². The van der Waals surface area contributed by atoms with Gasteiger partial charge in [-0.3, -0.25) is 0 Å². The zero-order chi connectivity index (χ0) is 13.0. The maximum atomic E-state index is 12.0. The van der Waals surface area contributed by atoms with Gasteiger partial charge >= 0.3 is 6.03 Å². The van der Waals surface area contributed by atoms with Crippen molar-refractivity contribution in [2.24, 2.45) is 5.92 Å². The number of benzene rings is 1. The summed E-state index contributed by atoms with van der Waals surface area (Å²) in [6, 6.07) is 9.84. The molecule has 2 rings (SSSR count). The Morgan fingerprint density at radius 3 is 3.11 bits per heavy atom. The number of anilines is 1. The fourth-order valence-electron chi connectivity index (χ4n) is 2.19. The summed E-state index contributed by atoms with van der Waals surface area (Å²) < 4.78 is 0. The number of hydrogen-bond donors (Lipinski definition) is 1. The maximum absolute atomic E-state index is 12.0. The number of carbonyl (C=O) groups excluding carboxylic acids is 1. The first-order valence-corrected chi connectivity index (χ1v) is 6.21. The van der Waals surface area contributed by atoms with E-state index in [2.05, 4.69) is 11.4 Å². The average Bonchev–Trinajstić information content (AvgIpc) is 2.39. The lowest BCUT2D eigenvalue weighted by molar-refractivity contribution is 0.189. The minimum absolute atomic E-state index is 0.0259. The van der Waals surface area contributed by atoms with E-state index in [0.717, 1.165) is 30.6 Å². The molecule has 1 atom stereocenters. The lowest BCUT2D eigenvalue weighted by Gasteiger charge is -2.29. The van der Waals surface area contributed by atoms with Crippen molar-refractivity contribution < 1.29 is 4.79 Å². The molecule has 0 bridgehead atoms. The van der Waals surface area contributed by atoms with Crippen LogP contribution in [0.4, 0.5) is 10.5 Å². The summed E-state index contributed by atoms with van der Waals surface area (Å²) in [4.78, 5) is 13.8. The molecule has 4 heteroatoms. The minimum atomic E-state index is -0.111. The van der Waals surface area contributed by atoms with Gasteiger partial charge in [0.1, 0.15) is 0 Å². The van der Waals surface area contributed by atoms with Crippen LogP contribution < -0.4 is 5.32 Å². The van der Waals surface area contributed by atoms with Gasteiger partial charge in [-0.05, 0) is 37.5 Å². The van der Waals surface area contributed by atoms with Crippen LogP contribution in [0.5, 0.6) is 0 Å². The Labute approximate surface area is 107 Å². The summed E-state index contributed by atoms with van der Waals surface area (Å²) in [7, 11) is 0. The molecule has 1 saturated heterocycles. The zero-order valence-electron chi connectivity index (χ0n) is 10.5. The summed E-state index contributed by atoms with van der Waals surface area (Å²) in [6.45, 7) is 3.26. The second kappa shape index (κ2) is 5.54. The minimum Gasteiger partial charge on any atom is -0.323 e. The summed E-state index contributed by atoms with van der Waals surface area (Å²) in [5.41, 5.74) is 1.92. The van der Waals surface area contributed by atoms with Crippen LogP contribution in [0.3, 0.4) is 0 Å². The van der Waals surface area contributed by atoms with Crippen molar-refractivity contribution in [3.05, 3.63) is 29.8 Å². The van der Waals surface area contributed by atoms with Crippen molar-refractivity contribution in [3.8, 4) is 6.07 Å². The van der Waals surface area contributed by atoms with Gasteiger partial charge in [-0.15, -0.1) is 0 Å². The molecule has 1 heterocycles. The molecule has 0 saturated carbocycles. The third kappa shape index (κ3) is 3.01. The number of carbonyl (C=O) groups is 1. The van der Waals surface area contributed by atoms with Crippen molar-refractivity contribution >= 4 is 11.7 Å². The Kier molecular flexibility index (Phi) is 3.83. The van der Waals surface area contributed by atoms with Crippen molar-refractivity contribution in [2.75, 3.05) is 18.4 Å². The molecule has 1 aliphatic heterocycles. The predicted molar refractivity (Wildman–Crippen MR) is 70.1 cm³/mol. The predicted octanol–water partition coefficient (Wildman–Crippen LogP) is 2.76. The molecule has 94 valence electrons. The number of aryl methyl sites for hydroxylation is 1. The normalized spacial score (nSPS) is 19.1. The molecular weight excluding hydrogens is 226 g/mol. The van der Waals surface area contributed by atoms with E-state index >= 15 is 0 Å². The SMILES string of the molecule is Cc1cccc(NC(=O)N2CCCC(C#N)C2)c1. The second-order valence-corrected chi connectivity index (χ2v) is 4.71. The molecule has 18 heavy (non-hydrogen) atoms. The van der Waals surface area contributed by atoms with Gasteiger partial charge in [0.15, 0.2) is 0 Å². The standard InChI is InChI=1S/C14H17N3O/c1-11-4-2-6-13(8-11)16-14(18)17-7-3-5-12(9-15)10-17/h2,4,6,8,12H,3,5,7,10H2,1H3,(H,16,18). The molecule has 2 amide bonds. The van der Waals surface area contributed by atoms with Gasteiger partial charge in [0.25, 0.3) is 0 Å². The number of nitriles is 1. The molecule has 1 aliphatic rings. The highest BCUT2D eigenvalue weighted by Crippen LogP contribution is 2.17. The molecule has 1 aromatic rings. The van der Waals surface area contributed by atoms with Crippen LogP contribution in [-0.2, 0) is 0 Å². The third-order valence-electron chi connectivity index (χ3n) is 3.16. The Bertz CT molecular complexity index is 478. The largest absolute Gasteiger partial charge is 0.323 e. The first-order valence-electron chi connectivity index (χ1n) is 6.21. The van der Waals surface area contributed by atoms with Crippen molar-refractivity contribution in [1.29, 1.82) is 5.26 Å². The fraction of sp³-hybridized carbons (Fsp3) is 0.429. The third-order valence-corrected chi connectivity index (χ3v) is 3.16. The molecule has 1 unspecified atom stereocenters. The van der Waals surface area contributed by atoms with E-state index in [4.69, 9.17) is 5.26 Å². The van der Waals surface area contributed by atoms with Crippen LogP contribution in [0.2, 0.25) is 0 Å². The topological polar surface area (TPSA) is 56.1 Å². The Balaban J connectivity index is 1.98. The van der Waals surface area contributed by atoms with E-state index in [1.54, 1.807) is 4.90 Å². The number of urea groups is 1. The molecular formula is C14H17N3O. The Morgan fingerprint density at radius 1 is 1.56 bits per heavy atom.